The molecular weight excluding hydrogens is 456 g/mol. The maximum absolute atomic E-state index is 13.1. The number of rotatable bonds is 7. The summed E-state index contributed by atoms with van der Waals surface area (Å²) in [6, 6.07) is 25.1. The van der Waals surface area contributed by atoms with E-state index in [4.69, 9.17) is 11.6 Å². The molecule has 0 radical (unpaired) electrons. The van der Waals surface area contributed by atoms with Gasteiger partial charge in [0.1, 0.15) is 5.69 Å². The summed E-state index contributed by atoms with van der Waals surface area (Å²) in [5.41, 5.74) is 2.30. The Labute approximate surface area is 200 Å². The highest BCUT2D eigenvalue weighted by molar-refractivity contribution is 7.99. The Balaban J connectivity index is 1.60. The molecule has 0 amide bonds. The average molecular weight is 475 g/mol. The van der Waals surface area contributed by atoms with Crippen LogP contribution in [0.3, 0.4) is 0 Å². The fraction of sp³-hybridized carbons (Fsp3) is 0.0385. The van der Waals surface area contributed by atoms with Crippen LogP contribution in [0.25, 0.3) is 0 Å². The predicted molar refractivity (Wildman–Crippen MR) is 131 cm³/mol. The highest BCUT2D eigenvalue weighted by Gasteiger charge is 2.16. The molecule has 4 aromatic rings. The monoisotopic (exact) mass is 474 g/mol. The predicted octanol–water partition coefficient (Wildman–Crippen LogP) is 6.58. The van der Waals surface area contributed by atoms with Gasteiger partial charge < -0.3 is 10.0 Å². The van der Waals surface area contributed by atoms with Crippen LogP contribution in [0.2, 0.25) is 5.02 Å². The van der Waals surface area contributed by atoms with Crippen molar-refractivity contribution < 1.29 is 14.7 Å². The SMILES string of the molecule is CN(c1ccc(Cl)cc1)c1ccc(C(=O)c2cc(Sc3ccccc3)cc(C(=O)O)c2)nc1. The molecular formula is C26H19ClN2O3S. The molecule has 1 aromatic heterocycles. The number of aromatic carboxylic acids is 1. The lowest BCUT2D eigenvalue weighted by Gasteiger charge is -2.19. The number of carbonyl (C=O) groups excluding carboxylic acids is 1. The van der Waals surface area contributed by atoms with E-state index < -0.39 is 5.97 Å². The molecule has 0 aliphatic heterocycles. The summed E-state index contributed by atoms with van der Waals surface area (Å²) in [6.45, 7) is 0. The van der Waals surface area contributed by atoms with Gasteiger partial charge in [0.2, 0.25) is 5.78 Å². The molecule has 0 bridgehead atoms. The highest BCUT2D eigenvalue weighted by atomic mass is 35.5. The van der Waals surface area contributed by atoms with Gasteiger partial charge in [0.05, 0.1) is 17.4 Å². The third-order valence-corrected chi connectivity index (χ3v) is 6.21. The van der Waals surface area contributed by atoms with Gasteiger partial charge in [-0.2, -0.15) is 0 Å². The maximum atomic E-state index is 13.1. The van der Waals surface area contributed by atoms with Crippen LogP contribution in [0, 0.1) is 0 Å². The van der Waals surface area contributed by atoms with E-state index in [0.717, 1.165) is 16.3 Å². The number of ketones is 1. The molecule has 164 valence electrons. The molecule has 0 unspecified atom stereocenters. The van der Waals surface area contributed by atoms with E-state index >= 15 is 0 Å². The first-order valence-electron chi connectivity index (χ1n) is 10.0. The fourth-order valence-electron chi connectivity index (χ4n) is 3.22. The van der Waals surface area contributed by atoms with Crippen LogP contribution < -0.4 is 4.90 Å². The second-order valence-corrected chi connectivity index (χ2v) is 8.82. The summed E-state index contributed by atoms with van der Waals surface area (Å²) in [4.78, 5) is 32.6. The summed E-state index contributed by atoms with van der Waals surface area (Å²) < 4.78 is 0. The van der Waals surface area contributed by atoms with Crippen molar-refractivity contribution in [1.82, 2.24) is 4.98 Å². The Kier molecular flexibility index (Phi) is 6.77. The molecule has 0 aliphatic carbocycles. The normalized spacial score (nSPS) is 10.6. The number of pyridine rings is 1. The molecule has 3 aromatic carbocycles. The van der Waals surface area contributed by atoms with Crippen LogP contribution in [0.15, 0.2) is 101 Å². The zero-order valence-electron chi connectivity index (χ0n) is 17.6. The van der Waals surface area contributed by atoms with Crippen molar-refractivity contribution in [3.8, 4) is 0 Å². The minimum Gasteiger partial charge on any atom is -0.478 e. The Morgan fingerprint density at radius 3 is 2.15 bits per heavy atom. The van der Waals surface area contributed by atoms with Crippen molar-refractivity contribution in [3.63, 3.8) is 0 Å². The van der Waals surface area contributed by atoms with E-state index in [9.17, 15) is 14.7 Å². The molecule has 0 spiro atoms. The number of hydrogen-bond donors (Lipinski definition) is 1. The van der Waals surface area contributed by atoms with Gasteiger partial charge in [-0.05, 0) is 66.7 Å². The lowest BCUT2D eigenvalue weighted by atomic mass is 10.0. The summed E-state index contributed by atoms with van der Waals surface area (Å²) in [5.74, 6) is -1.43. The standard InChI is InChI=1S/C26H19ClN2O3S/c1-29(20-9-7-19(27)8-10-20)21-11-12-24(28-16-21)25(30)17-13-18(26(31)32)15-23(14-17)33-22-5-3-2-4-6-22/h2-16H,1H3,(H,31,32). The molecule has 0 aliphatic rings. The van der Waals surface area contributed by atoms with Gasteiger partial charge in [-0.15, -0.1) is 0 Å². The Bertz CT molecular complexity index is 1290. The molecule has 7 heteroatoms. The number of aromatic nitrogens is 1. The number of halogens is 1. The van der Waals surface area contributed by atoms with Crippen LogP contribution >= 0.6 is 23.4 Å². The summed E-state index contributed by atoms with van der Waals surface area (Å²) in [5, 5.41) is 10.2. The van der Waals surface area contributed by atoms with E-state index in [-0.39, 0.29) is 22.6 Å². The minimum absolute atomic E-state index is 0.0540. The van der Waals surface area contributed by atoms with Gasteiger partial charge in [-0.25, -0.2) is 4.79 Å². The third kappa shape index (κ3) is 5.42. The molecule has 4 rings (SSSR count). The summed E-state index contributed by atoms with van der Waals surface area (Å²) in [7, 11) is 1.89. The maximum Gasteiger partial charge on any atom is 0.335 e. The van der Waals surface area contributed by atoms with Crippen molar-refractivity contribution in [3.05, 3.63) is 113 Å². The van der Waals surface area contributed by atoms with Gasteiger partial charge in [-0.3, -0.25) is 9.78 Å². The second-order valence-electron chi connectivity index (χ2n) is 7.23. The lowest BCUT2D eigenvalue weighted by Crippen LogP contribution is -2.11. The van der Waals surface area contributed by atoms with Crippen molar-refractivity contribution in [2.24, 2.45) is 0 Å². The largest absolute Gasteiger partial charge is 0.478 e. The van der Waals surface area contributed by atoms with Gasteiger partial charge in [0.25, 0.3) is 0 Å². The topological polar surface area (TPSA) is 70.5 Å². The second kappa shape index (κ2) is 9.90. The average Bonchev–Trinajstić information content (AvgIpc) is 2.84. The molecule has 0 saturated carbocycles. The quantitative estimate of drug-likeness (QED) is 0.305. The molecule has 0 atom stereocenters. The molecule has 5 nitrogen and oxygen atoms in total. The molecule has 33 heavy (non-hydrogen) atoms. The number of benzene rings is 3. The van der Waals surface area contributed by atoms with Crippen LogP contribution in [0.4, 0.5) is 11.4 Å². The first-order valence-corrected chi connectivity index (χ1v) is 11.2. The fourth-order valence-corrected chi connectivity index (χ4v) is 4.28. The summed E-state index contributed by atoms with van der Waals surface area (Å²) in [6.07, 6.45) is 1.61. The van der Waals surface area contributed by atoms with Crippen LogP contribution in [-0.2, 0) is 0 Å². The van der Waals surface area contributed by atoms with E-state index in [1.165, 1.54) is 17.8 Å². The highest BCUT2D eigenvalue weighted by Crippen LogP contribution is 2.30. The molecule has 0 saturated heterocycles. The molecule has 1 N–H and O–H groups in total. The lowest BCUT2D eigenvalue weighted by molar-refractivity contribution is 0.0696. The van der Waals surface area contributed by atoms with Crippen LogP contribution in [0.1, 0.15) is 26.4 Å². The van der Waals surface area contributed by atoms with Crippen molar-refractivity contribution in [2.45, 2.75) is 9.79 Å². The Morgan fingerprint density at radius 2 is 1.52 bits per heavy atom. The summed E-state index contributed by atoms with van der Waals surface area (Å²) >= 11 is 7.36. The van der Waals surface area contributed by atoms with Crippen molar-refractivity contribution in [2.75, 3.05) is 11.9 Å². The van der Waals surface area contributed by atoms with E-state index in [0.29, 0.717) is 9.92 Å². The Morgan fingerprint density at radius 1 is 0.848 bits per heavy atom. The van der Waals surface area contributed by atoms with Crippen molar-refractivity contribution in [1.29, 1.82) is 0 Å². The number of nitrogens with zero attached hydrogens (tertiary/aromatic N) is 2. The molecule has 1 heterocycles. The number of carbonyl (C=O) groups is 2. The zero-order valence-corrected chi connectivity index (χ0v) is 19.2. The third-order valence-electron chi connectivity index (χ3n) is 4.98. The number of hydrogen-bond acceptors (Lipinski definition) is 5. The van der Waals surface area contributed by atoms with Crippen LogP contribution in [0.5, 0.6) is 0 Å². The molecule has 0 fully saturated rings. The Hall–Kier alpha value is -3.61. The minimum atomic E-state index is -1.09. The van der Waals surface area contributed by atoms with E-state index in [1.54, 1.807) is 42.6 Å². The van der Waals surface area contributed by atoms with Gasteiger partial charge in [0, 0.05) is 33.1 Å². The van der Waals surface area contributed by atoms with Crippen molar-refractivity contribution >= 4 is 46.5 Å². The zero-order chi connectivity index (χ0) is 23.4. The first-order chi connectivity index (χ1) is 15.9. The number of carboxylic acids is 1. The smallest absolute Gasteiger partial charge is 0.335 e. The van der Waals surface area contributed by atoms with Gasteiger partial charge in [-0.1, -0.05) is 41.6 Å². The van der Waals surface area contributed by atoms with E-state index in [1.807, 2.05) is 54.4 Å². The van der Waals surface area contributed by atoms with E-state index in [2.05, 4.69) is 4.98 Å². The van der Waals surface area contributed by atoms with Gasteiger partial charge >= 0.3 is 5.97 Å². The number of carboxylic acid groups (broad SMARTS) is 1. The number of anilines is 2. The first kappa shape index (κ1) is 22.6. The van der Waals surface area contributed by atoms with Gasteiger partial charge in [0.15, 0.2) is 0 Å². The van der Waals surface area contributed by atoms with Crippen LogP contribution in [-0.4, -0.2) is 28.9 Å².